The zero-order chi connectivity index (χ0) is 26.6. The first-order valence-corrected chi connectivity index (χ1v) is 11.4. The van der Waals surface area contributed by atoms with Crippen LogP contribution >= 0.6 is 22.6 Å². The summed E-state index contributed by atoms with van der Waals surface area (Å²) in [5.74, 6) is -6.09. The van der Waals surface area contributed by atoms with Crippen molar-refractivity contribution in [3.63, 3.8) is 0 Å². The Hall–Kier alpha value is -2.27. The molecule has 0 unspecified atom stereocenters. The minimum Gasteiger partial charge on any atom is -0.394 e. The van der Waals surface area contributed by atoms with E-state index in [1.807, 2.05) is 0 Å². The third kappa shape index (κ3) is 3.98. The topological polar surface area (TPSA) is 271 Å². The molecule has 2 aliphatic rings. The van der Waals surface area contributed by atoms with Crippen molar-refractivity contribution < 1.29 is 44.8 Å². The molecular weight excluding hydrogens is 603 g/mol. The first-order chi connectivity index (χ1) is 16.9. The van der Waals surface area contributed by atoms with E-state index in [4.69, 9.17) is 25.7 Å². The first kappa shape index (κ1) is 26.8. The van der Waals surface area contributed by atoms with Gasteiger partial charge in [-0.2, -0.15) is 9.97 Å². The molecule has 36 heavy (non-hydrogen) atoms. The highest BCUT2D eigenvalue weighted by atomic mass is 127. The molecule has 0 saturated carbocycles. The Morgan fingerprint density at radius 2 is 1.44 bits per heavy atom. The Balaban J connectivity index is 2.00. The lowest BCUT2D eigenvalue weighted by Crippen LogP contribution is -2.62. The van der Waals surface area contributed by atoms with E-state index in [-0.39, 0.29) is 15.2 Å². The molecule has 0 radical (unpaired) electrons. The van der Waals surface area contributed by atoms with Gasteiger partial charge in [0.2, 0.25) is 0 Å². The van der Waals surface area contributed by atoms with Crippen LogP contribution in [0.1, 0.15) is 0 Å². The number of nitrogens with two attached hydrogens (primary N) is 2. The van der Waals surface area contributed by atoms with Gasteiger partial charge in [0, 0.05) is 12.4 Å². The summed E-state index contributed by atoms with van der Waals surface area (Å²) in [4.78, 5) is 32.8. The molecule has 0 bridgehead atoms. The highest BCUT2D eigenvalue weighted by Gasteiger charge is 2.67. The number of rotatable bonds is 6. The van der Waals surface area contributed by atoms with Gasteiger partial charge in [-0.1, -0.05) is 0 Å². The fourth-order valence-electron chi connectivity index (χ4n) is 4.04. The summed E-state index contributed by atoms with van der Waals surface area (Å²) in [6, 6.07) is 1.12. The number of halogens is 1. The van der Waals surface area contributed by atoms with Crippen molar-refractivity contribution in [2.24, 2.45) is 0 Å². The predicted octanol–water partition coefficient (Wildman–Crippen LogP) is -5.27. The molecule has 10 N–H and O–H groups in total. The van der Waals surface area contributed by atoms with Gasteiger partial charge in [-0.15, -0.1) is 0 Å². The molecule has 17 nitrogen and oxygen atoms in total. The molecule has 2 aromatic rings. The van der Waals surface area contributed by atoms with Gasteiger partial charge < -0.3 is 51.6 Å². The van der Waals surface area contributed by atoms with Gasteiger partial charge in [0.05, 0.1) is 16.8 Å². The summed E-state index contributed by atoms with van der Waals surface area (Å²) < 4.78 is 18.4. The van der Waals surface area contributed by atoms with E-state index < -0.39 is 73.0 Å². The Morgan fingerprint density at radius 1 is 0.944 bits per heavy atom. The molecule has 0 aliphatic carbocycles. The number of aliphatic hydroxyl groups excluding tert-OH is 6. The monoisotopic (exact) mass is 626 g/mol. The Bertz CT molecular complexity index is 1260. The third-order valence-corrected chi connectivity index (χ3v) is 6.69. The molecular formula is C18H23IN6O11. The van der Waals surface area contributed by atoms with E-state index in [0.717, 1.165) is 18.5 Å². The second-order valence-electron chi connectivity index (χ2n) is 8.04. The zero-order valence-electron chi connectivity index (χ0n) is 18.2. The number of hydrogen-bond donors (Lipinski definition) is 8. The second kappa shape index (κ2) is 9.55. The summed E-state index contributed by atoms with van der Waals surface area (Å²) in [6.07, 6.45) is -9.15. The van der Waals surface area contributed by atoms with Crippen molar-refractivity contribution in [2.45, 2.75) is 48.4 Å². The maximum absolute atomic E-state index is 12.9. The third-order valence-electron chi connectivity index (χ3n) is 5.86. The van der Waals surface area contributed by atoms with E-state index in [1.54, 1.807) is 22.6 Å². The van der Waals surface area contributed by atoms with Crippen LogP contribution in [-0.4, -0.2) is 99.6 Å². The average molecular weight is 626 g/mol. The van der Waals surface area contributed by atoms with Gasteiger partial charge in [0.25, 0.3) is 11.8 Å². The van der Waals surface area contributed by atoms with Crippen LogP contribution in [0.5, 0.6) is 0 Å². The van der Waals surface area contributed by atoms with E-state index in [0.29, 0.717) is 9.13 Å². The van der Waals surface area contributed by atoms with E-state index in [1.165, 1.54) is 0 Å². The van der Waals surface area contributed by atoms with Gasteiger partial charge in [-0.05, 0) is 28.7 Å². The normalized spacial score (nSPS) is 36.4. The summed E-state index contributed by atoms with van der Waals surface area (Å²) in [6.45, 7) is -1.72. The zero-order valence-corrected chi connectivity index (χ0v) is 20.3. The average Bonchev–Trinajstić information content (AvgIpc) is 3.22. The predicted molar refractivity (Wildman–Crippen MR) is 124 cm³/mol. The molecule has 4 rings (SSSR count). The summed E-state index contributed by atoms with van der Waals surface area (Å²) in [5, 5.41) is 62.5. The van der Waals surface area contributed by atoms with Crippen LogP contribution in [0.2, 0.25) is 0 Å². The van der Waals surface area contributed by atoms with Crippen LogP contribution in [-0.2, 0) is 26.0 Å². The number of aromatic nitrogens is 4. The largest absolute Gasteiger partial charge is 0.394 e. The van der Waals surface area contributed by atoms with Gasteiger partial charge >= 0.3 is 11.4 Å². The number of nitrogen functional groups attached to an aromatic ring is 2. The van der Waals surface area contributed by atoms with Crippen molar-refractivity contribution in [2.75, 3.05) is 24.7 Å². The van der Waals surface area contributed by atoms with Crippen LogP contribution < -0.4 is 22.8 Å². The Morgan fingerprint density at radius 3 is 1.92 bits per heavy atom. The summed E-state index contributed by atoms with van der Waals surface area (Å²) >= 11 is 1.71. The first-order valence-electron chi connectivity index (χ1n) is 10.3. The van der Waals surface area contributed by atoms with Gasteiger partial charge in [-0.3, -0.25) is 4.74 Å². The van der Waals surface area contributed by atoms with E-state index in [9.17, 15) is 40.2 Å². The standard InChI is InChI=1S/C18H23IN6O11/c19-6-3-25(16(33)23-14(6)21)18(13(31)11(29)8(5-27)35-18)36-17(12(30)10(28)7(4-26)34-17)24-2-1-9(20)22-15(24)32/h1-3,7-8,10-13,26-31H,4-5H2,(H2,20,22,32)(H2,21,23,33)/t7-,8-,10-,11-,12-,13-,17+,18+/m1/s1. The van der Waals surface area contributed by atoms with Crippen molar-refractivity contribution in [1.29, 1.82) is 0 Å². The number of aliphatic hydroxyl groups is 6. The van der Waals surface area contributed by atoms with Crippen LogP contribution in [0.25, 0.3) is 0 Å². The molecule has 18 heteroatoms. The molecule has 4 heterocycles. The quantitative estimate of drug-likeness (QED) is 0.139. The van der Waals surface area contributed by atoms with Crippen LogP contribution in [0.4, 0.5) is 11.6 Å². The molecule has 2 aromatic heterocycles. The summed E-state index contributed by atoms with van der Waals surface area (Å²) in [5.41, 5.74) is 8.89. The van der Waals surface area contributed by atoms with Crippen LogP contribution in [0.3, 0.4) is 0 Å². The Labute approximate surface area is 214 Å². The number of ether oxygens (including phenoxy) is 3. The van der Waals surface area contributed by atoms with Crippen molar-refractivity contribution in [3.8, 4) is 0 Å². The molecule has 2 fully saturated rings. The minimum atomic E-state index is -2.84. The van der Waals surface area contributed by atoms with Crippen molar-refractivity contribution in [3.05, 3.63) is 43.0 Å². The number of nitrogens with zero attached hydrogens (tertiary/aromatic N) is 4. The molecule has 2 saturated heterocycles. The number of anilines is 2. The van der Waals surface area contributed by atoms with Crippen LogP contribution in [0.15, 0.2) is 28.0 Å². The maximum Gasteiger partial charge on any atom is 0.353 e. The van der Waals surface area contributed by atoms with Crippen molar-refractivity contribution in [1.82, 2.24) is 19.1 Å². The molecule has 0 spiro atoms. The van der Waals surface area contributed by atoms with E-state index >= 15 is 0 Å². The smallest absolute Gasteiger partial charge is 0.353 e. The molecule has 0 aromatic carbocycles. The lowest BCUT2D eigenvalue weighted by atomic mass is 10.1. The lowest BCUT2D eigenvalue weighted by molar-refractivity contribution is -0.448. The Kier molecular flexibility index (Phi) is 7.11. The van der Waals surface area contributed by atoms with Gasteiger partial charge in [-0.25, -0.2) is 18.7 Å². The highest BCUT2D eigenvalue weighted by Crippen LogP contribution is 2.45. The molecule has 8 atom stereocenters. The summed E-state index contributed by atoms with van der Waals surface area (Å²) in [7, 11) is 0. The molecule has 2 aliphatic heterocycles. The molecule has 198 valence electrons. The molecule has 0 amide bonds. The highest BCUT2D eigenvalue weighted by molar-refractivity contribution is 14.1. The van der Waals surface area contributed by atoms with Gasteiger partial charge in [0.1, 0.15) is 36.1 Å². The van der Waals surface area contributed by atoms with Crippen LogP contribution in [0, 0.1) is 3.57 Å². The van der Waals surface area contributed by atoms with Gasteiger partial charge in [0.15, 0.2) is 12.2 Å². The van der Waals surface area contributed by atoms with E-state index in [2.05, 4.69) is 9.97 Å². The second-order valence-corrected chi connectivity index (χ2v) is 9.21. The van der Waals surface area contributed by atoms with Crippen molar-refractivity contribution >= 4 is 34.2 Å². The fourth-order valence-corrected chi connectivity index (χ4v) is 4.44. The fraction of sp³-hybridized carbons (Fsp3) is 0.556. The SMILES string of the molecule is Nc1ccn([C@]2(O[C@@]3(n4cc(I)c(N)nc4=O)O[C@H](CO)[C@@H](O)[C@H]3O)O[C@H](CO)[C@@H](O)[C@H]2O)c(=O)n1. The lowest BCUT2D eigenvalue weighted by Gasteiger charge is -2.42. The number of hydrogen-bond acceptors (Lipinski definition) is 15. The maximum atomic E-state index is 12.9. The minimum absolute atomic E-state index is 0.162.